The Hall–Kier alpha value is -2.78. The topological polar surface area (TPSA) is 53.4 Å². The number of phenolic OH excluding ortho intramolecular Hbond substituents is 2. The van der Waals surface area contributed by atoms with E-state index in [1.165, 1.54) is 11.6 Å². The number of pyridine rings is 1. The smallest absolute Gasteiger partial charge is 0.127 e. The fourth-order valence-electron chi connectivity index (χ4n) is 4.41. The molecular weight excluding hydrogens is 370 g/mol. The Labute approximate surface area is 170 Å². The van der Waals surface area contributed by atoms with E-state index in [1.807, 2.05) is 18.2 Å². The molecular formula is C24H22ClNO2. The minimum absolute atomic E-state index is 0. The maximum Gasteiger partial charge on any atom is 0.127 e. The molecule has 1 heterocycles. The summed E-state index contributed by atoms with van der Waals surface area (Å²) in [4.78, 5) is 5.00. The van der Waals surface area contributed by atoms with E-state index < -0.39 is 0 Å². The molecule has 1 atom stereocenters. The number of nitrogens with zero attached hydrogens (tertiary/aromatic N) is 1. The number of hydrogen-bond donors (Lipinski definition) is 2. The van der Waals surface area contributed by atoms with Gasteiger partial charge >= 0.3 is 0 Å². The summed E-state index contributed by atoms with van der Waals surface area (Å²) < 4.78 is 0. The summed E-state index contributed by atoms with van der Waals surface area (Å²) in [5, 5.41) is 23.8. The SMILES string of the molecule is CC1CCc2nc3ccc4ccccc4c3c(-c3ccc(O)cc3O)c2C1.Cl. The van der Waals surface area contributed by atoms with Crippen LogP contribution in [0.3, 0.4) is 0 Å². The zero-order valence-corrected chi connectivity index (χ0v) is 16.5. The van der Waals surface area contributed by atoms with Gasteiger partial charge in [0.05, 0.1) is 5.52 Å². The Morgan fingerprint density at radius 3 is 2.64 bits per heavy atom. The number of hydrogen-bond acceptors (Lipinski definition) is 3. The van der Waals surface area contributed by atoms with E-state index in [-0.39, 0.29) is 23.9 Å². The summed E-state index contributed by atoms with van der Waals surface area (Å²) in [5.41, 5.74) is 5.17. The lowest BCUT2D eigenvalue weighted by atomic mass is 9.81. The maximum atomic E-state index is 10.7. The highest BCUT2D eigenvalue weighted by Crippen LogP contribution is 2.44. The molecule has 1 aromatic heterocycles. The highest BCUT2D eigenvalue weighted by molar-refractivity contribution is 6.14. The van der Waals surface area contributed by atoms with Crippen molar-refractivity contribution >= 4 is 34.1 Å². The summed E-state index contributed by atoms with van der Waals surface area (Å²) in [6.45, 7) is 2.27. The molecule has 0 saturated heterocycles. The fraction of sp³-hybridized carbons (Fsp3) is 0.208. The third kappa shape index (κ3) is 2.87. The summed E-state index contributed by atoms with van der Waals surface area (Å²) in [6.07, 6.45) is 3.06. The molecule has 4 heteroatoms. The number of aryl methyl sites for hydroxylation is 1. The predicted molar refractivity (Wildman–Crippen MR) is 116 cm³/mol. The van der Waals surface area contributed by atoms with Crippen LogP contribution in [0.1, 0.15) is 24.6 Å². The normalized spacial score (nSPS) is 16.0. The van der Waals surface area contributed by atoms with E-state index in [2.05, 4.69) is 31.2 Å². The van der Waals surface area contributed by atoms with Gasteiger partial charge in [-0.05, 0) is 59.7 Å². The molecule has 28 heavy (non-hydrogen) atoms. The van der Waals surface area contributed by atoms with Gasteiger partial charge in [0.15, 0.2) is 0 Å². The van der Waals surface area contributed by atoms with Gasteiger partial charge in [0.25, 0.3) is 0 Å². The number of benzene rings is 3. The van der Waals surface area contributed by atoms with E-state index in [9.17, 15) is 10.2 Å². The summed E-state index contributed by atoms with van der Waals surface area (Å²) in [7, 11) is 0. The van der Waals surface area contributed by atoms with Crippen molar-refractivity contribution in [3.05, 3.63) is 65.9 Å². The standard InChI is InChI=1S/C24H21NO2.ClH/c1-14-6-10-20-19(12-14)23(18-9-8-16(26)13-22(18)27)24-17-5-3-2-4-15(17)7-11-21(24)25-20;/h2-5,7-9,11,13-14,26-27H,6,10,12H2,1H3;1H. The van der Waals surface area contributed by atoms with Crippen molar-refractivity contribution in [2.75, 3.05) is 0 Å². The highest BCUT2D eigenvalue weighted by Gasteiger charge is 2.25. The maximum absolute atomic E-state index is 10.7. The van der Waals surface area contributed by atoms with E-state index in [1.54, 1.807) is 6.07 Å². The average Bonchev–Trinajstić information content (AvgIpc) is 2.67. The Morgan fingerprint density at radius 2 is 1.82 bits per heavy atom. The van der Waals surface area contributed by atoms with Crippen molar-refractivity contribution in [3.63, 3.8) is 0 Å². The van der Waals surface area contributed by atoms with Gasteiger partial charge in [0, 0.05) is 28.3 Å². The molecule has 5 rings (SSSR count). The van der Waals surface area contributed by atoms with Crippen molar-refractivity contribution < 1.29 is 10.2 Å². The van der Waals surface area contributed by atoms with Crippen molar-refractivity contribution in [2.24, 2.45) is 5.92 Å². The van der Waals surface area contributed by atoms with Crippen molar-refractivity contribution in [3.8, 4) is 22.6 Å². The highest BCUT2D eigenvalue weighted by atomic mass is 35.5. The van der Waals surface area contributed by atoms with E-state index in [4.69, 9.17) is 4.98 Å². The molecule has 1 aliphatic rings. The molecule has 0 saturated carbocycles. The largest absolute Gasteiger partial charge is 0.508 e. The van der Waals surface area contributed by atoms with Crippen LogP contribution in [0.25, 0.3) is 32.8 Å². The van der Waals surface area contributed by atoms with Crippen LogP contribution in [0.4, 0.5) is 0 Å². The number of phenols is 2. The zero-order chi connectivity index (χ0) is 18.5. The molecule has 0 fully saturated rings. The van der Waals surface area contributed by atoms with Crippen LogP contribution in [0, 0.1) is 5.92 Å². The van der Waals surface area contributed by atoms with Gasteiger partial charge in [-0.1, -0.05) is 37.3 Å². The second kappa shape index (κ2) is 6.99. The molecule has 3 nitrogen and oxygen atoms in total. The fourth-order valence-corrected chi connectivity index (χ4v) is 4.41. The van der Waals surface area contributed by atoms with E-state index in [0.717, 1.165) is 57.8 Å². The average molecular weight is 392 g/mol. The van der Waals surface area contributed by atoms with Crippen LogP contribution in [-0.4, -0.2) is 15.2 Å². The van der Waals surface area contributed by atoms with Gasteiger partial charge < -0.3 is 10.2 Å². The predicted octanol–water partition coefficient (Wildman–Crippen LogP) is 6.01. The quantitative estimate of drug-likeness (QED) is 0.390. The van der Waals surface area contributed by atoms with Gasteiger partial charge in [-0.25, -0.2) is 0 Å². The monoisotopic (exact) mass is 391 g/mol. The number of aromatic nitrogens is 1. The van der Waals surface area contributed by atoms with Gasteiger partial charge in [-0.3, -0.25) is 4.98 Å². The van der Waals surface area contributed by atoms with Gasteiger partial charge in [-0.2, -0.15) is 0 Å². The van der Waals surface area contributed by atoms with Crippen LogP contribution in [0.5, 0.6) is 11.5 Å². The number of halogens is 1. The molecule has 0 spiro atoms. The lowest BCUT2D eigenvalue weighted by Gasteiger charge is -2.26. The first kappa shape index (κ1) is 18.6. The minimum Gasteiger partial charge on any atom is -0.508 e. The molecule has 3 aromatic carbocycles. The van der Waals surface area contributed by atoms with Gasteiger partial charge in [0.1, 0.15) is 11.5 Å². The molecule has 2 N–H and O–H groups in total. The second-order valence-electron chi connectivity index (χ2n) is 7.64. The lowest BCUT2D eigenvalue weighted by molar-refractivity contribution is 0.451. The van der Waals surface area contributed by atoms with Crippen LogP contribution in [-0.2, 0) is 12.8 Å². The second-order valence-corrected chi connectivity index (χ2v) is 7.64. The molecule has 0 amide bonds. The Morgan fingerprint density at radius 1 is 1.00 bits per heavy atom. The first-order valence-corrected chi connectivity index (χ1v) is 9.47. The Kier molecular flexibility index (Phi) is 4.64. The summed E-state index contributed by atoms with van der Waals surface area (Å²) in [5.74, 6) is 0.766. The third-order valence-electron chi connectivity index (χ3n) is 5.74. The Balaban J connectivity index is 0.00000192. The van der Waals surface area contributed by atoms with Crippen LogP contribution in [0.15, 0.2) is 54.6 Å². The molecule has 142 valence electrons. The summed E-state index contributed by atoms with van der Waals surface area (Å²) >= 11 is 0. The number of fused-ring (bicyclic) bond motifs is 4. The number of rotatable bonds is 1. The molecule has 1 unspecified atom stereocenters. The summed E-state index contributed by atoms with van der Waals surface area (Å²) in [6, 6.07) is 17.4. The molecule has 4 aromatic rings. The lowest BCUT2D eigenvalue weighted by Crippen LogP contribution is -2.14. The van der Waals surface area contributed by atoms with Crippen LogP contribution in [0.2, 0.25) is 0 Å². The molecule has 1 aliphatic carbocycles. The van der Waals surface area contributed by atoms with Crippen molar-refractivity contribution in [1.29, 1.82) is 0 Å². The van der Waals surface area contributed by atoms with Gasteiger partial charge in [-0.15, -0.1) is 12.4 Å². The molecule has 0 bridgehead atoms. The van der Waals surface area contributed by atoms with Crippen LogP contribution >= 0.6 is 12.4 Å². The van der Waals surface area contributed by atoms with E-state index in [0.29, 0.717) is 5.92 Å². The zero-order valence-electron chi connectivity index (χ0n) is 15.6. The van der Waals surface area contributed by atoms with Crippen LogP contribution < -0.4 is 0 Å². The first-order valence-electron chi connectivity index (χ1n) is 9.47. The molecule has 0 radical (unpaired) electrons. The minimum atomic E-state index is 0. The molecule has 0 aliphatic heterocycles. The van der Waals surface area contributed by atoms with Crippen molar-refractivity contribution in [2.45, 2.75) is 26.2 Å². The van der Waals surface area contributed by atoms with Gasteiger partial charge in [0.2, 0.25) is 0 Å². The van der Waals surface area contributed by atoms with E-state index >= 15 is 0 Å². The number of aromatic hydroxyl groups is 2. The third-order valence-corrected chi connectivity index (χ3v) is 5.74. The first-order chi connectivity index (χ1) is 13.1. The van der Waals surface area contributed by atoms with Crippen molar-refractivity contribution in [1.82, 2.24) is 4.98 Å². The Bertz CT molecular complexity index is 1200.